The van der Waals surface area contributed by atoms with Crippen molar-refractivity contribution in [3.8, 4) is 0 Å². The highest BCUT2D eigenvalue weighted by Crippen LogP contribution is 2.32. The Balaban J connectivity index is 2.31. The first-order valence-electron chi connectivity index (χ1n) is 5.90. The Kier molecular flexibility index (Phi) is 2.60. The van der Waals surface area contributed by atoms with E-state index < -0.39 is 18.1 Å². The number of aromatic nitrogens is 2. The van der Waals surface area contributed by atoms with Crippen molar-refractivity contribution in [3.05, 3.63) is 40.4 Å². The molecule has 6 nitrogen and oxygen atoms in total. The molecule has 98 valence electrons. The van der Waals surface area contributed by atoms with Gasteiger partial charge >= 0.3 is 5.97 Å². The molecule has 1 aliphatic rings. The van der Waals surface area contributed by atoms with Gasteiger partial charge in [-0.15, -0.1) is 0 Å². The van der Waals surface area contributed by atoms with Crippen molar-refractivity contribution in [1.82, 2.24) is 9.55 Å². The maximum atomic E-state index is 12.4. The van der Waals surface area contributed by atoms with Crippen LogP contribution in [0.5, 0.6) is 0 Å². The topological polar surface area (TPSA) is 81.4 Å². The number of rotatable bonds is 1. The van der Waals surface area contributed by atoms with Crippen LogP contribution in [0.2, 0.25) is 0 Å². The summed E-state index contributed by atoms with van der Waals surface area (Å²) >= 11 is 0. The number of aliphatic hydroxyl groups excluding tert-OH is 1. The van der Waals surface area contributed by atoms with Crippen LogP contribution < -0.4 is 5.56 Å². The zero-order chi connectivity index (χ0) is 13.6. The zero-order valence-electron chi connectivity index (χ0n) is 10.2. The van der Waals surface area contributed by atoms with Gasteiger partial charge in [0.2, 0.25) is 0 Å². The summed E-state index contributed by atoms with van der Waals surface area (Å²) in [6, 6.07) is 6.05. The summed E-state index contributed by atoms with van der Waals surface area (Å²) in [6.45, 7) is 0. The van der Waals surface area contributed by atoms with Crippen LogP contribution in [0.4, 0.5) is 0 Å². The maximum absolute atomic E-state index is 12.4. The molecule has 0 aliphatic carbocycles. The molecule has 0 radical (unpaired) electrons. The number of para-hydroxylation sites is 1. The zero-order valence-corrected chi connectivity index (χ0v) is 10.2. The van der Waals surface area contributed by atoms with Crippen LogP contribution in [0.3, 0.4) is 0 Å². The minimum Gasteiger partial charge on any atom is -0.467 e. The minimum atomic E-state index is -0.929. The number of methoxy groups -OCH3 is 1. The summed E-state index contributed by atoms with van der Waals surface area (Å²) < 4.78 is 5.90. The average Bonchev–Trinajstić information content (AvgIpc) is 2.76. The molecule has 19 heavy (non-hydrogen) atoms. The largest absolute Gasteiger partial charge is 0.467 e. The van der Waals surface area contributed by atoms with Gasteiger partial charge in [0.05, 0.1) is 18.0 Å². The quantitative estimate of drug-likeness (QED) is 0.757. The molecular weight excluding hydrogens is 248 g/mol. The van der Waals surface area contributed by atoms with Crippen molar-refractivity contribution < 1.29 is 14.6 Å². The second-order valence-corrected chi connectivity index (χ2v) is 4.45. The van der Waals surface area contributed by atoms with Crippen LogP contribution in [-0.2, 0) is 9.53 Å². The van der Waals surface area contributed by atoms with Gasteiger partial charge in [-0.25, -0.2) is 9.78 Å². The Morgan fingerprint density at radius 1 is 1.47 bits per heavy atom. The van der Waals surface area contributed by atoms with Gasteiger partial charge in [0.15, 0.2) is 0 Å². The van der Waals surface area contributed by atoms with E-state index in [1.807, 2.05) is 0 Å². The fraction of sp³-hybridized carbons (Fsp3) is 0.308. The Bertz CT molecular complexity index is 722. The number of benzene rings is 1. The number of hydrogen-bond donors (Lipinski definition) is 1. The first kappa shape index (κ1) is 11.9. The van der Waals surface area contributed by atoms with Gasteiger partial charge in [-0.2, -0.15) is 0 Å². The molecule has 0 saturated heterocycles. The molecule has 6 heteroatoms. The smallest absolute Gasteiger partial charge is 0.329 e. The standard InChI is InChI=1S/C13H12N2O4/c1-19-13(18)9-6-10(16)11-14-8-5-3-2-4-7(8)12(17)15(9)11/h2-5,9-10,16H,6H2,1H3/t9-,10+/m1/s1. The van der Waals surface area contributed by atoms with Crippen LogP contribution in [0, 0.1) is 0 Å². The Morgan fingerprint density at radius 2 is 2.21 bits per heavy atom. The summed E-state index contributed by atoms with van der Waals surface area (Å²) in [5.41, 5.74) is 0.191. The summed E-state index contributed by atoms with van der Waals surface area (Å²) in [7, 11) is 1.26. The fourth-order valence-corrected chi connectivity index (χ4v) is 2.46. The van der Waals surface area contributed by atoms with Crippen molar-refractivity contribution in [1.29, 1.82) is 0 Å². The summed E-state index contributed by atoms with van der Waals surface area (Å²) in [6.07, 6.45) is -0.813. The van der Waals surface area contributed by atoms with Crippen molar-refractivity contribution in [2.24, 2.45) is 0 Å². The average molecular weight is 260 g/mol. The lowest BCUT2D eigenvalue weighted by Crippen LogP contribution is -2.29. The third-order valence-electron chi connectivity index (χ3n) is 3.36. The number of aliphatic hydroxyl groups is 1. The van der Waals surface area contributed by atoms with Gasteiger partial charge in [-0.3, -0.25) is 9.36 Å². The number of nitrogens with zero attached hydrogens (tertiary/aromatic N) is 2. The van der Waals surface area contributed by atoms with Gasteiger partial charge in [0.1, 0.15) is 18.0 Å². The van der Waals surface area contributed by atoms with E-state index in [2.05, 4.69) is 9.72 Å². The minimum absolute atomic E-state index is 0.116. The monoisotopic (exact) mass is 260 g/mol. The molecule has 1 N–H and O–H groups in total. The van der Waals surface area contributed by atoms with Crippen molar-refractivity contribution >= 4 is 16.9 Å². The van der Waals surface area contributed by atoms with Gasteiger partial charge < -0.3 is 9.84 Å². The first-order chi connectivity index (χ1) is 9.13. The fourth-order valence-electron chi connectivity index (χ4n) is 2.46. The summed E-state index contributed by atoms with van der Waals surface area (Å²) in [5.74, 6) is -0.323. The molecule has 0 unspecified atom stereocenters. The SMILES string of the molecule is COC(=O)[C@H]1C[C@H](O)c2nc3ccccc3c(=O)n21. The number of esters is 1. The third kappa shape index (κ3) is 1.64. The Hall–Kier alpha value is -2.21. The molecule has 0 amide bonds. The van der Waals surface area contributed by atoms with Gasteiger partial charge in [0, 0.05) is 6.42 Å². The highest BCUT2D eigenvalue weighted by Gasteiger charge is 2.37. The van der Waals surface area contributed by atoms with Crippen molar-refractivity contribution in [2.45, 2.75) is 18.6 Å². The number of hydrogen-bond acceptors (Lipinski definition) is 5. The van der Waals surface area contributed by atoms with E-state index in [4.69, 9.17) is 0 Å². The predicted molar refractivity (Wildman–Crippen MR) is 66.6 cm³/mol. The molecule has 0 bridgehead atoms. The van der Waals surface area contributed by atoms with Gasteiger partial charge in [0.25, 0.3) is 5.56 Å². The van der Waals surface area contributed by atoms with E-state index in [1.54, 1.807) is 24.3 Å². The summed E-state index contributed by atoms with van der Waals surface area (Å²) in [5, 5.41) is 10.4. The van der Waals surface area contributed by atoms with Crippen LogP contribution >= 0.6 is 0 Å². The van der Waals surface area contributed by atoms with Crippen LogP contribution in [0.25, 0.3) is 10.9 Å². The molecule has 1 aromatic carbocycles. The lowest BCUT2D eigenvalue weighted by molar-refractivity contribution is -0.144. The molecule has 0 fully saturated rings. The lowest BCUT2D eigenvalue weighted by atomic mass is 10.2. The van der Waals surface area contributed by atoms with E-state index in [0.717, 1.165) is 0 Å². The Morgan fingerprint density at radius 3 is 2.95 bits per heavy atom. The molecule has 1 aliphatic heterocycles. The molecule has 0 spiro atoms. The van der Waals surface area contributed by atoms with Crippen molar-refractivity contribution in [3.63, 3.8) is 0 Å². The van der Waals surface area contributed by atoms with Crippen molar-refractivity contribution in [2.75, 3.05) is 7.11 Å². The molecular formula is C13H12N2O4. The van der Waals surface area contributed by atoms with Gasteiger partial charge in [-0.1, -0.05) is 12.1 Å². The van der Waals surface area contributed by atoms with Crippen LogP contribution in [0.15, 0.2) is 29.1 Å². The number of ether oxygens (including phenoxy) is 1. The highest BCUT2D eigenvalue weighted by atomic mass is 16.5. The lowest BCUT2D eigenvalue weighted by Gasteiger charge is -2.11. The molecule has 2 atom stereocenters. The van der Waals surface area contributed by atoms with E-state index >= 15 is 0 Å². The number of fused-ring (bicyclic) bond motifs is 2. The molecule has 1 aromatic heterocycles. The molecule has 2 aromatic rings. The first-order valence-corrected chi connectivity index (χ1v) is 5.90. The normalized spacial score (nSPS) is 21.4. The van der Waals surface area contributed by atoms with E-state index in [-0.39, 0.29) is 17.8 Å². The maximum Gasteiger partial charge on any atom is 0.329 e. The molecule has 0 saturated carbocycles. The molecule has 2 heterocycles. The second-order valence-electron chi connectivity index (χ2n) is 4.45. The van der Waals surface area contributed by atoms with E-state index in [1.165, 1.54) is 11.7 Å². The van der Waals surface area contributed by atoms with E-state index in [9.17, 15) is 14.7 Å². The van der Waals surface area contributed by atoms with Crippen LogP contribution in [-0.4, -0.2) is 27.7 Å². The second kappa shape index (κ2) is 4.17. The third-order valence-corrected chi connectivity index (χ3v) is 3.36. The number of carbonyl (C=O) groups excluding carboxylic acids is 1. The summed E-state index contributed by atoms with van der Waals surface area (Å²) in [4.78, 5) is 28.4. The van der Waals surface area contributed by atoms with Crippen LogP contribution in [0.1, 0.15) is 24.4 Å². The van der Waals surface area contributed by atoms with E-state index in [0.29, 0.717) is 10.9 Å². The highest BCUT2D eigenvalue weighted by molar-refractivity contribution is 5.79. The van der Waals surface area contributed by atoms with Gasteiger partial charge in [-0.05, 0) is 12.1 Å². The predicted octanol–water partition coefficient (Wildman–Crippen LogP) is 0.548. The molecule has 3 rings (SSSR count). The number of carbonyl (C=O) groups is 1. The Labute approximate surface area is 108 Å².